The fourth-order valence-electron chi connectivity index (χ4n) is 2.10. The highest BCUT2D eigenvalue weighted by atomic mass is 15.2. The van der Waals surface area contributed by atoms with Gasteiger partial charge < -0.3 is 5.73 Å². The zero-order chi connectivity index (χ0) is 11.2. The molecule has 86 valence electrons. The van der Waals surface area contributed by atoms with Gasteiger partial charge in [-0.3, -0.25) is 4.90 Å². The van der Waals surface area contributed by atoms with E-state index in [9.17, 15) is 0 Å². The van der Waals surface area contributed by atoms with Gasteiger partial charge in [0, 0.05) is 18.6 Å². The van der Waals surface area contributed by atoms with Crippen molar-refractivity contribution in [3.8, 4) is 0 Å². The first-order valence-corrected chi connectivity index (χ1v) is 5.95. The Morgan fingerprint density at radius 2 is 1.86 bits per heavy atom. The summed E-state index contributed by atoms with van der Waals surface area (Å²) in [5.41, 5.74) is 6.11. The molecule has 2 N–H and O–H groups in total. The lowest BCUT2D eigenvalue weighted by Crippen LogP contribution is -2.52. The minimum Gasteiger partial charge on any atom is -0.329 e. The Hall–Kier alpha value is -0.0800. The SMILES string of the molecule is CCCC(C)(CN)N(CC)CC(C)C. The van der Waals surface area contributed by atoms with E-state index in [-0.39, 0.29) is 5.54 Å². The summed E-state index contributed by atoms with van der Waals surface area (Å²) in [6, 6.07) is 0. The van der Waals surface area contributed by atoms with Crippen molar-refractivity contribution in [2.45, 2.75) is 53.0 Å². The van der Waals surface area contributed by atoms with Crippen molar-refractivity contribution in [1.29, 1.82) is 0 Å². The van der Waals surface area contributed by atoms with Gasteiger partial charge in [0.25, 0.3) is 0 Å². The van der Waals surface area contributed by atoms with Crippen molar-refractivity contribution >= 4 is 0 Å². The monoisotopic (exact) mass is 200 g/mol. The highest BCUT2D eigenvalue weighted by Crippen LogP contribution is 2.21. The van der Waals surface area contributed by atoms with Gasteiger partial charge in [-0.05, 0) is 25.8 Å². The molecule has 0 aliphatic carbocycles. The molecule has 1 atom stereocenters. The first kappa shape index (κ1) is 13.9. The Balaban J connectivity index is 4.41. The molecule has 0 aromatic carbocycles. The van der Waals surface area contributed by atoms with E-state index in [4.69, 9.17) is 5.73 Å². The number of rotatable bonds is 7. The van der Waals surface area contributed by atoms with Crippen LogP contribution in [0, 0.1) is 5.92 Å². The number of hydrogen-bond acceptors (Lipinski definition) is 2. The maximum atomic E-state index is 5.90. The summed E-state index contributed by atoms with van der Waals surface area (Å²) >= 11 is 0. The molecule has 0 fully saturated rings. The smallest absolute Gasteiger partial charge is 0.0303 e. The topological polar surface area (TPSA) is 29.3 Å². The van der Waals surface area contributed by atoms with Gasteiger partial charge in [-0.15, -0.1) is 0 Å². The van der Waals surface area contributed by atoms with Gasteiger partial charge in [-0.1, -0.05) is 34.1 Å². The molecule has 2 heteroatoms. The van der Waals surface area contributed by atoms with E-state index in [1.807, 2.05) is 0 Å². The molecule has 0 aliphatic heterocycles. The molecular weight excluding hydrogens is 172 g/mol. The van der Waals surface area contributed by atoms with Crippen LogP contribution in [0.1, 0.15) is 47.5 Å². The number of hydrogen-bond donors (Lipinski definition) is 1. The summed E-state index contributed by atoms with van der Waals surface area (Å²) in [5.74, 6) is 0.720. The summed E-state index contributed by atoms with van der Waals surface area (Å²) in [6.07, 6.45) is 2.41. The molecular formula is C12H28N2. The normalized spacial score (nSPS) is 16.3. The Bertz CT molecular complexity index is 145. The molecule has 0 aromatic heterocycles. The molecule has 0 saturated carbocycles. The standard InChI is InChI=1S/C12H28N2/c1-6-8-12(5,10-13)14(7-2)9-11(3)4/h11H,6-10,13H2,1-5H3. The first-order valence-electron chi connectivity index (χ1n) is 5.95. The third-order valence-corrected chi connectivity index (χ3v) is 2.96. The van der Waals surface area contributed by atoms with Crippen LogP contribution in [0.3, 0.4) is 0 Å². The van der Waals surface area contributed by atoms with Crippen LogP contribution in [0.15, 0.2) is 0 Å². The molecule has 0 aliphatic rings. The fourth-order valence-corrected chi connectivity index (χ4v) is 2.10. The molecule has 0 aromatic rings. The summed E-state index contributed by atoms with van der Waals surface area (Å²) in [6.45, 7) is 14.3. The van der Waals surface area contributed by atoms with Crippen LogP contribution < -0.4 is 5.73 Å². The van der Waals surface area contributed by atoms with Gasteiger partial charge in [0.15, 0.2) is 0 Å². The van der Waals surface area contributed by atoms with Crippen LogP contribution >= 0.6 is 0 Å². The second-order valence-corrected chi connectivity index (χ2v) is 4.88. The van der Waals surface area contributed by atoms with Crippen LogP contribution in [0.2, 0.25) is 0 Å². The van der Waals surface area contributed by atoms with E-state index in [2.05, 4.69) is 39.5 Å². The average Bonchev–Trinajstić information content (AvgIpc) is 2.14. The van der Waals surface area contributed by atoms with Crippen LogP contribution in [-0.2, 0) is 0 Å². The minimum atomic E-state index is 0.202. The summed E-state index contributed by atoms with van der Waals surface area (Å²) in [5, 5.41) is 0. The molecule has 0 bridgehead atoms. The van der Waals surface area contributed by atoms with E-state index in [1.54, 1.807) is 0 Å². The van der Waals surface area contributed by atoms with Crippen molar-refractivity contribution in [1.82, 2.24) is 4.90 Å². The van der Waals surface area contributed by atoms with Crippen LogP contribution in [0.5, 0.6) is 0 Å². The highest BCUT2D eigenvalue weighted by molar-refractivity contribution is 4.86. The number of nitrogens with two attached hydrogens (primary N) is 1. The van der Waals surface area contributed by atoms with Crippen molar-refractivity contribution in [3.63, 3.8) is 0 Å². The summed E-state index contributed by atoms with van der Waals surface area (Å²) in [4.78, 5) is 2.53. The van der Waals surface area contributed by atoms with Gasteiger partial charge >= 0.3 is 0 Å². The minimum absolute atomic E-state index is 0.202. The second-order valence-electron chi connectivity index (χ2n) is 4.88. The Kier molecular flexibility index (Phi) is 6.38. The summed E-state index contributed by atoms with van der Waals surface area (Å²) in [7, 11) is 0. The largest absolute Gasteiger partial charge is 0.329 e. The molecule has 1 unspecified atom stereocenters. The lowest BCUT2D eigenvalue weighted by atomic mass is 9.93. The second kappa shape index (κ2) is 6.41. The summed E-state index contributed by atoms with van der Waals surface area (Å²) < 4.78 is 0. The van der Waals surface area contributed by atoms with Crippen LogP contribution in [-0.4, -0.2) is 30.1 Å². The third kappa shape index (κ3) is 3.97. The van der Waals surface area contributed by atoms with Gasteiger partial charge in [0.2, 0.25) is 0 Å². The molecule has 0 heterocycles. The van der Waals surface area contributed by atoms with Crippen molar-refractivity contribution in [2.24, 2.45) is 11.7 Å². The van der Waals surface area contributed by atoms with E-state index in [0.717, 1.165) is 25.6 Å². The predicted molar refractivity (Wildman–Crippen MR) is 64.5 cm³/mol. The fraction of sp³-hybridized carbons (Fsp3) is 1.00. The Morgan fingerprint density at radius 1 is 1.29 bits per heavy atom. The molecule has 0 saturated heterocycles. The molecule has 2 nitrogen and oxygen atoms in total. The molecule has 0 radical (unpaired) electrons. The van der Waals surface area contributed by atoms with Crippen LogP contribution in [0.4, 0.5) is 0 Å². The van der Waals surface area contributed by atoms with E-state index >= 15 is 0 Å². The van der Waals surface area contributed by atoms with Crippen molar-refractivity contribution < 1.29 is 0 Å². The molecule has 0 spiro atoms. The maximum absolute atomic E-state index is 5.90. The van der Waals surface area contributed by atoms with E-state index in [0.29, 0.717) is 0 Å². The lowest BCUT2D eigenvalue weighted by molar-refractivity contribution is 0.0930. The van der Waals surface area contributed by atoms with Gasteiger partial charge in [-0.2, -0.15) is 0 Å². The van der Waals surface area contributed by atoms with Gasteiger partial charge in [0.05, 0.1) is 0 Å². The number of likely N-dealkylation sites (N-methyl/N-ethyl adjacent to an activating group) is 1. The Labute approximate surface area is 89.9 Å². The van der Waals surface area contributed by atoms with Crippen LogP contribution in [0.25, 0.3) is 0 Å². The molecule has 0 rings (SSSR count). The third-order valence-electron chi connectivity index (χ3n) is 2.96. The average molecular weight is 200 g/mol. The number of nitrogens with zero attached hydrogens (tertiary/aromatic N) is 1. The quantitative estimate of drug-likeness (QED) is 0.684. The zero-order valence-corrected chi connectivity index (χ0v) is 10.6. The van der Waals surface area contributed by atoms with E-state index in [1.165, 1.54) is 12.8 Å². The van der Waals surface area contributed by atoms with E-state index < -0.39 is 0 Å². The zero-order valence-electron chi connectivity index (χ0n) is 10.6. The van der Waals surface area contributed by atoms with Gasteiger partial charge in [0.1, 0.15) is 0 Å². The maximum Gasteiger partial charge on any atom is 0.0303 e. The van der Waals surface area contributed by atoms with Crippen molar-refractivity contribution in [2.75, 3.05) is 19.6 Å². The molecule has 14 heavy (non-hydrogen) atoms. The Morgan fingerprint density at radius 3 is 2.14 bits per heavy atom. The first-order chi connectivity index (χ1) is 6.50. The molecule has 0 amide bonds. The van der Waals surface area contributed by atoms with Gasteiger partial charge in [-0.25, -0.2) is 0 Å². The lowest BCUT2D eigenvalue weighted by Gasteiger charge is -2.41. The highest BCUT2D eigenvalue weighted by Gasteiger charge is 2.28. The van der Waals surface area contributed by atoms with Crippen molar-refractivity contribution in [3.05, 3.63) is 0 Å². The predicted octanol–water partition coefficient (Wildman–Crippen LogP) is 2.48.